The van der Waals surface area contributed by atoms with Crippen LogP contribution in [0.3, 0.4) is 0 Å². The lowest BCUT2D eigenvalue weighted by atomic mass is 10.1. The third kappa shape index (κ3) is 2.84. The Kier molecular flexibility index (Phi) is 3.23. The Balaban J connectivity index is 2.14. The highest BCUT2D eigenvalue weighted by Crippen LogP contribution is 2.22. The number of aromatic nitrogens is 1. The minimum atomic E-state index is -0.279. The molecule has 2 rings (SSSR count). The van der Waals surface area contributed by atoms with Gasteiger partial charge in [0.05, 0.1) is 16.7 Å². The molecule has 17 heavy (non-hydrogen) atoms. The Bertz CT molecular complexity index is 428. The molecule has 94 valence electrons. The van der Waals surface area contributed by atoms with Crippen LogP contribution in [0.2, 0.25) is 0 Å². The summed E-state index contributed by atoms with van der Waals surface area (Å²) >= 11 is 1.51. The van der Waals surface area contributed by atoms with Crippen molar-refractivity contribution < 1.29 is 9.53 Å². The number of hydrogen-bond acceptors (Lipinski definition) is 4. The molecule has 0 aliphatic carbocycles. The number of ether oxygens (including phenoxy) is 1. The van der Waals surface area contributed by atoms with Gasteiger partial charge < -0.3 is 9.64 Å². The number of morpholine rings is 1. The van der Waals surface area contributed by atoms with Crippen LogP contribution in [-0.4, -0.2) is 40.6 Å². The van der Waals surface area contributed by atoms with Crippen LogP contribution < -0.4 is 0 Å². The van der Waals surface area contributed by atoms with Crippen LogP contribution in [0.4, 0.5) is 0 Å². The van der Waals surface area contributed by atoms with E-state index in [9.17, 15) is 4.79 Å². The normalized spacial score (nSPS) is 23.8. The van der Waals surface area contributed by atoms with E-state index in [1.165, 1.54) is 11.3 Å². The number of carbonyl (C=O) groups is 1. The third-order valence-electron chi connectivity index (χ3n) is 2.69. The second kappa shape index (κ2) is 4.38. The van der Waals surface area contributed by atoms with E-state index in [1.54, 1.807) is 0 Å². The summed E-state index contributed by atoms with van der Waals surface area (Å²) < 4.78 is 5.78. The molecule has 1 atom stereocenters. The van der Waals surface area contributed by atoms with Crippen LogP contribution in [0.1, 0.15) is 36.3 Å². The first-order valence-corrected chi connectivity index (χ1v) is 6.64. The topological polar surface area (TPSA) is 42.4 Å². The molecule has 4 nitrogen and oxygen atoms in total. The van der Waals surface area contributed by atoms with Crippen molar-refractivity contribution in [2.45, 2.75) is 39.4 Å². The van der Waals surface area contributed by atoms with Gasteiger partial charge in [-0.3, -0.25) is 4.79 Å². The third-order valence-corrected chi connectivity index (χ3v) is 3.47. The van der Waals surface area contributed by atoms with Crippen LogP contribution in [-0.2, 0) is 4.74 Å². The maximum absolute atomic E-state index is 12.3. The zero-order valence-corrected chi connectivity index (χ0v) is 11.5. The molecule has 0 unspecified atom stereocenters. The fourth-order valence-electron chi connectivity index (χ4n) is 2.23. The van der Waals surface area contributed by atoms with Gasteiger partial charge >= 0.3 is 0 Å². The Labute approximate surface area is 106 Å². The second-order valence-corrected chi connectivity index (χ2v) is 6.19. The zero-order chi connectivity index (χ0) is 12.6. The molecule has 5 heteroatoms. The molecule has 0 spiro atoms. The Morgan fingerprint density at radius 3 is 2.88 bits per heavy atom. The minimum Gasteiger partial charge on any atom is -0.369 e. The van der Waals surface area contributed by atoms with E-state index in [0.717, 1.165) is 5.01 Å². The monoisotopic (exact) mass is 254 g/mol. The highest BCUT2D eigenvalue weighted by molar-refractivity contribution is 7.09. The summed E-state index contributed by atoms with van der Waals surface area (Å²) in [6.45, 7) is 9.18. The molecule has 0 radical (unpaired) electrons. The molecule has 0 aromatic carbocycles. The Morgan fingerprint density at radius 2 is 2.35 bits per heavy atom. The molecule has 0 saturated carbocycles. The number of rotatable bonds is 1. The molecule has 2 heterocycles. The molecular formula is C12H18N2O2S. The average molecular weight is 254 g/mol. The van der Waals surface area contributed by atoms with Gasteiger partial charge in [-0.1, -0.05) is 0 Å². The number of hydrogen-bond donors (Lipinski definition) is 0. The van der Waals surface area contributed by atoms with Crippen molar-refractivity contribution in [2.24, 2.45) is 0 Å². The molecule has 1 aliphatic heterocycles. The summed E-state index contributed by atoms with van der Waals surface area (Å²) in [7, 11) is 0. The predicted octanol–water partition coefficient (Wildman–Crippen LogP) is 2.09. The summed E-state index contributed by atoms with van der Waals surface area (Å²) in [5.41, 5.74) is 0.274. The summed E-state index contributed by atoms with van der Waals surface area (Å²) in [6.07, 6.45) is 0.0717. The van der Waals surface area contributed by atoms with Gasteiger partial charge in [0.25, 0.3) is 5.91 Å². The molecule has 1 aromatic heterocycles. The number of carbonyl (C=O) groups excluding carboxylic acids is 1. The van der Waals surface area contributed by atoms with Crippen LogP contribution in [0, 0.1) is 6.92 Å². The van der Waals surface area contributed by atoms with Crippen LogP contribution in [0.25, 0.3) is 0 Å². The maximum atomic E-state index is 12.3. The molecule has 0 N–H and O–H groups in total. The quantitative estimate of drug-likeness (QED) is 0.770. The maximum Gasteiger partial charge on any atom is 0.273 e. The average Bonchev–Trinajstić information content (AvgIpc) is 2.60. The van der Waals surface area contributed by atoms with Gasteiger partial charge in [0.2, 0.25) is 0 Å². The summed E-state index contributed by atoms with van der Waals surface area (Å²) in [5, 5.41) is 2.75. The molecule has 1 fully saturated rings. The minimum absolute atomic E-state index is 0.0116. The fraction of sp³-hybridized carbons (Fsp3) is 0.667. The summed E-state index contributed by atoms with van der Waals surface area (Å²) in [5.74, 6) is 0.0116. The number of amides is 1. The van der Waals surface area contributed by atoms with Crippen molar-refractivity contribution in [2.75, 3.05) is 13.1 Å². The van der Waals surface area contributed by atoms with Gasteiger partial charge in [-0.15, -0.1) is 11.3 Å². The Morgan fingerprint density at radius 1 is 1.65 bits per heavy atom. The van der Waals surface area contributed by atoms with Gasteiger partial charge in [-0.25, -0.2) is 4.98 Å². The van der Waals surface area contributed by atoms with Crippen LogP contribution in [0.5, 0.6) is 0 Å². The van der Waals surface area contributed by atoms with Crippen LogP contribution >= 0.6 is 11.3 Å². The van der Waals surface area contributed by atoms with Gasteiger partial charge in [0.1, 0.15) is 5.69 Å². The van der Waals surface area contributed by atoms with Gasteiger partial charge in [-0.05, 0) is 27.7 Å². The Hall–Kier alpha value is -0.940. The van der Waals surface area contributed by atoms with Crippen molar-refractivity contribution >= 4 is 17.2 Å². The first-order valence-electron chi connectivity index (χ1n) is 5.76. The van der Waals surface area contributed by atoms with E-state index >= 15 is 0 Å². The first-order chi connectivity index (χ1) is 7.87. The van der Waals surface area contributed by atoms with Crippen molar-refractivity contribution in [3.63, 3.8) is 0 Å². The van der Waals surface area contributed by atoms with Crippen molar-refractivity contribution in [1.29, 1.82) is 0 Å². The van der Waals surface area contributed by atoms with E-state index in [2.05, 4.69) is 4.98 Å². The lowest BCUT2D eigenvalue weighted by Gasteiger charge is -2.41. The standard InChI is InChI=1S/C12H18N2O2S/c1-8-5-14(7-12(3,4)16-8)11(15)10-6-17-9(2)13-10/h6,8H,5,7H2,1-4H3/t8-/m1/s1. The van der Waals surface area contributed by atoms with E-state index in [-0.39, 0.29) is 17.6 Å². The smallest absolute Gasteiger partial charge is 0.273 e. The van der Waals surface area contributed by atoms with Crippen LogP contribution in [0.15, 0.2) is 5.38 Å². The predicted molar refractivity (Wildman–Crippen MR) is 67.4 cm³/mol. The second-order valence-electron chi connectivity index (χ2n) is 5.13. The van der Waals surface area contributed by atoms with Gasteiger partial charge in [-0.2, -0.15) is 0 Å². The molecule has 1 aromatic rings. The first kappa shape index (κ1) is 12.5. The van der Waals surface area contributed by atoms with E-state index in [4.69, 9.17) is 4.74 Å². The molecular weight excluding hydrogens is 236 g/mol. The van der Waals surface area contributed by atoms with E-state index < -0.39 is 0 Å². The SMILES string of the molecule is Cc1nc(C(=O)N2C[C@@H](C)OC(C)(C)C2)cs1. The van der Waals surface area contributed by atoms with E-state index in [1.807, 2.05) is 38.0 Å². The van der Waals surface area contributed by atoms with Crippen molar-refractivity contribution in [3.05, 3.63) is 16.1 Å². The molecule has 0 bridgehead atoms. The molecule has 1 saturated heterocycles. The summed E-state index contributed by atoms with van der Waals surface area (Å²) in [6, 6.07) is 0. The van der Waals surface area contributed by atoms with Crippen molar-refractivity contribution in [3.8, 4) is 0 Å². The summed E-state index contributed by atoms with van der Waals surface area (Å²) in [4.78, 5) is 18.3. The molecule has 1 aliphatic rings. The number of thiazole rings is 1. The highest BCUT2D eigenvalue weighted by atomic mass is 32.1. The fourth-order valence-corrected chi connectivity index (χ4v) is 2.82. The largest absolute Gasteiger partial charge is 0.369 e. The molecule has 1 amide bonds. The van der Waals surface area contributed by atoms with E-state index in [0.29, 0.717) is 18.8 Å². The van der Waals surface area contributed by atoms with Gasteiger partial charge in [0, 0.05) is 18.5 Å². The van der Waals surface area contributed by atoms with Gasteiger partial charge in [0.15, 0.2) is 0 Å². The lowest BCUT2D eigenvalue weighted by Crippen LogP contribution is -2.53. The number of nitrogens with zero attached hydrogens (tertiary/aromatic N) is 2. The number of aryl methyl sites for hydroxylation is 1. The lowest BCUT2D eigenvalue weighted by molar-refractivity contribution is -0.118. The zero-order valence-electron chi connectivity index (χ0n) is 10.7. The highest BCUT2D eigenvalue weighted by Gasteiger charge is 2.34. The van der Waals surface area contributed by atoms with Crippen molar-refractivity contribution in [1.82, 2.24) is 9.88 Å².